The van der Waals surface area contributed by atoms with Gasteiger partial charge in [0.2, 0.25) is 0 Å². The molecule has 0 aliphatic carbocycles. The highest BCUT2D eigenvalue weighted by atomic mass is 14.6. The van der Waals surface area contributed by atoms with E-state index in [9.17, 15) is 0 Å². The van der Waals surface area contributed by atoms with Crippen LogP contribution in [-0.4, -0.2) is 0 Å². The second-order valence-electron chi connectivity index (χ2n) is 4.76. The number of nitrogen functional groups attached to an aromatic ring is 2. The van der Waals surface area contributed by atoms with E-state index in [0.29, 0.717) is 0 Å². The van der Waals surface area contributed by atoms with Gasteiger partial charge in [-0.05, 0) is 54.2 Å². The maximum absolute atomic E-state index is 6.06. The van der Waals surface area contributed by atoms with E-state index >= 15 is 0 Å². The molecule has 0 fully saturated rings. The minimum absolute atomic E-state index is 0.807. The van der Waals surface area contributed by atoms with Gasteiger partial charge in [-0.1, -0.05) is 31.2 Å². The summed E-state index contributed by atoms with van der Waals surface area (Å²) in [5.74, 6) is 0. The van der Waals surface area contributed by atoms with Crippen LogP contribution in [0.4, 0.5) is 11.4 Å². The van der Waals surface area contributed by atoms with Crippen LogP contribution in [0.1, 0.15) is 29.2 Å². The van der Waals surface area contributed by atoms with Crippen LogP contribution < -0.4 is 11.5 Å². The van der Waals surface area contributed by atoms with E-state index in [1.807, 2.05) is 12.1 Å². The lowest BCUT2D eigenvalue weighted by molar-refractivity contribution is 1.10. The van der Waals surface area contributed by atoms with Gasteiger partial charge >= 0.3 is 0 Å². The van der Waals surface area contributed by atoms with Gasteiger partial charge in [0.25, 0.3) is 0 Å². The molecule has 94 valence electrons. The smallest absolute Gasteiger partial charge is 0.0376 e. The van der Waals surface area contributed by atoms with E-state index in [1.165, 1.54) is 22.3 Å². The Morgan fingerprint density at radius 2 is 1.61 bits per heavy atom. The van der Waals surface area contributed by atoms with E-state index in [4.69, 9.17) is 11.5 Å². The Bertz CT molecular complexity index is 542. The SMILES string of the molecule is CCc1cc(Cc2ccc(N)cc2)cc(C)c1N. The van der Waals surface area contributed by atoms with Crippen LogP contribution in [0.25, 0.3) is 0 Å². The number of nitrogens with two attached hydrogens (primary N) is 2. The molecule has 0 heterocycles. The molecule has 0 spiro atoms. The first kappa shape index (κ1) is 12.5. The summed E-state index contributed by atoms with van der Waals surface area (Å²) in [7, 11) is 0. The molecule has 0 atom stereocenters. The van der Waals surface area contributed by atoms with E-state index in [0.717, 1.165) is 24.2 Å². The molecule has 0 amide bonds. The molecular formula is C16H20N2. The summed E-state index contributed by atoms with van der Waals surface area (Å²) in [5, 5.41) is 0. The van der Waals surface area contributed by atoms with E-state index in [2.05, 4.69) is 38.1 Å². The lowest BCUT2D eigenvalue weighted by Crippen LogP contribution is -1.99. The molecular weight excluding hydrogens is 220 g/mol. The molecule has 0 radical (unpaired) electrons. The molecule has 2 nitrogen and oxygen atoms in total. The summed E-state index contributed by atoms with van der Waals surface area (Å²) < 4.78 is 0. The van der Waals surface area contributed by atoms with Crippen molar-refractivity contribution in [2.24, 2.45) is 0 Å². The van der Waals surface area contributed by atoms with Gasteiger partial charge in [-0.15, -0.1) is 0 Å². The fourth-order valence-corrected chi connectivity index (χ4v) is 2.22. The average molecular weight is 240 g/mol. The minimum Gasteiger partial charge on any atom is -0.399 e. The summed E-state index contributed by atoms with van der Waals surface area (Å²) >= 11 is 0. The third kappa shape index (κ3) is 2.65. The number of rotatable bonds is 3. The summed E-state index contributed by atoms with van der Waals surface area (Å²) in [6.07, 6.45) is 1.90. The largest absolute Gasteiger partial charge is 0.399 e. The van der Waals surface area contributed by atoms with Crippen molar-refractivity contribution in [3.8, 4) is 0 Å². The predicted molar refractivity (Wildman–Crippen MR) is 78.6 cm³/mol. The predicted octanol–water partition coefficient (Wildman–Crippen LogP) is 3.31. The Balaban J connectivity index is 2.29. The molecule has 0 saturated carbocycles. The first-order valence-corrected chi connectivity index (χ1v) is 6.32. The van der Waals surface area contributed by atoms with E-state index in [-0.39, 0.29) is 0 Å². The Morgan fingerprint density at radius 3 is 2.22 bits per heavy atom. The van der Waals surface area contributed by atoms with Crippen LogP contribution in [-0.2, 0) is 12.8 Å². The fourth-order valence-electron chi connectivity index (χ4n) is 2.22. The van der Waals surface area contributed by atoms with Gasteiger partial charge in [-0.3, -0.25) is 0 Å². The zero-order valence-electron chi connectivity index (χ0n) is 11.0. The minimum atomic E-state index is 0.807. The number of hydrogen-bond acceptors (Lipinski definition) is 2. The summed E-state index contributed by atoms with van der Waals surface area (Å²) in [6, 6.07) is 12.4. The van der Waals surface area contributed by atoms with Crippen molar-refractivity contribution in [3.63, 3.8) is 0 Å². The zero-order valence-corrected chi connectivity index (χ0v) is 11.0. The lowest BCUT2D eigenvalue weighted by atomic mass is 9.97. The third-order valence-corrected chi connectivity index (χ3v) is 3.30. The summed E-state index contributed by atoms with van der Waals surface area (Å²) in [5.41, 5.74) is 18.5. The number of aryl methyl sites for hydroxylation is 2. The molecule has 18 heavy (non-hydrogen) atoms. The topological polar surface area (TPSA) is 52.0 Å². The maximum atomic E-state index is 6.06. The van der Waals surface area contributed by atoms with Gasteiger partial charge in [-0.2, -0.15) is 0 Å². The van der Waals surface area contributed by atoms with E-state index < -0.39 is 0 Å². The average Bonchev–Trinajstić information content (AvgIpc) is 2.36. The van der Waals surface area contributed by atoms with Gasteiger partial charge < -0.3 is 11.5 Å². The van der Waals surface area contributed by atoms with Crippen LogP contribution in [0.15, 0.2) is 36.4 Å². The lowest BCUT2D eigenvalue weighted by Gasteiger charge is -2.11. The second kappa shape index (κ2) is 5.13. The number of hydrogen-bond donors (Lipinski definition) is 2. The summed E-state index contributed by atoms with van der Waals surface area (Å²) in [4.78, 5) is 0. The molecule has 2 heteroatoms. The molecule has 2 aromatic carbocycles. The van der Waals surface area contributed by atoms with Crippen LogP contribution in [0.5, 0.6) is 0 Å². The van der Waals surface area contributed by atoms with Gasteiger partial charge in [0, 0.05) is 11.4 Å². The van der Waals surface area contributed by atoms with Crippen LogP contribution in [0.3, 0.4) is 0 Å². The van der Waals surface area contributed by atoms with Crippen LogP contribution >= 0.6 is 0 Å². The van der Waals surface area contributed by atoms with Crippen molar-refractivity contribution in [2.75, 3.05) is 11.5 Å². The van der Waals surface area contributed by atoms with Gasteiger partial charge in [0.1, 0.15) is 0 Å². The van der Waals surface area contributed by atoms with Crippen LogP contribution in [0, 0.1) is 6.92 Å². The normalized spacial score (nSPS) is 10.6. The second-order valence-corrected chi connectivity index (χ2v) is 4.76. The van der Waals surface area contributed by atoms with Gasteiger partial charge in [0.05, 0.1) is 0 Å². The highest BCUT2D eigenvalue weighted by Gasteiger charge is 2.04. The van der Waals surface area contributed by atoms with Crippen molar-refractivity contribution in [2.45, 2.75) is 26.7 Å². The molecule has 0 unspecified atom stereocenters. The molecule has 0 aliphatic heterocycles. The van der Waals surface area contributed by atoms with Gasteiger partial charge in [0.15, 0.2) is 0 Å². The first-order chi connectivity index (χ1) is 8.60. The van der Waals surface area contributed by atoms with Crippen molar-refractivity contribution in [1.29, 1.82) is 0 Å². The third-order valence-electron chi connectivity index (χ3n) is 3.30. The Labute approximate surface area is 109 Å². The van der Waals surface area contributed by atoms with Crippen LogP contribution in [0.2, 0.25) is 0 Å². The Hall–Kier alpha value is -1.96. The molecule has 4 N–H and O–H groups in total. The van der Waals surface area contributed by atoms with Crippen molar-refractivity contribution in [1.82, 2.24) is 0 Å². The number of anilines is 2. The highest BCUT2D eigenvalue weighted by Crippen LogP contribution is 2.22. The van der Waals surface area contributed by atoms with Crippen molar-refractivity contribution in [3.05, 3.63) is 58.7 Å². The Morgan fingerprint density at radius 1 is 0.944 bits per heavy atom. The van der Waals surface area contributed by atoms with Crippen molar-refractivity contribution >= 4 is 11.4 Å². The highest BCUT2D eigenvalue weighted by molar-refractivity contribution is 5.55. The molecule has 0 aromatic heterocycles. The molecule has 0 aliphatic rings. The Kier molecular flexibility index (Phi) is 3.56. The molecule has 0 bridgehead atoms. The molecule has 2 aromatic rings. The summed E-state index contributed by atoms with van der Waals surface area (Å²) in [6.45, 7) is 4.21. The van der Waals surface area contributed by atoms with Crippen molar-refractivity contribution < 1.29 is 0 Å². The fraction of sp³-hybridized carbons (Fsp3) is 0.250. The number of benzene rings is 2. The standard InChI is InChI=1S/C16H20N2/c1-3-14-10-13(8-11(2)16(14)18)9-12-4-6-15(17)7-5-12/h4-8,10H,3,9,17-18H2,1-2H3. The quantitative estimate of drug-likeness (QED) is 0.809. The first-order valence-electron chi connectivity index (χ1n) is 6.32. The van der Waals surface area contributed by atoms with Gasteiger partial charge in [-0.25, -0.2) is 0 Å². The molecule has 2 rings (SSSR count). The van der Waals surface area contributed by atoms with E-state index in [1.54, 1.807) is 0 Å². The monoisotopic (exact) mass is 240 g/mol. The zero-order chi connectivity index (χ0) is 13.1. The maximum Gasteiger partial charge on any atom is 0.0376 e. The molecule has 0 saturated heterocycles.